The molecule has 0 fully saturated rings. The van der Waals surface area contributed by atoms with Crippen molar-refractivity contribution in [3.05, 3.63) is 82.0 Å². The molecule has 0 bridgehead atoms. The first-order chi connectivity index (χ1) is 10.6. The molecule has 1 heterocycles. The van der Waals surface area contributed by atoms with Gasteiger partial charge in [-0.2, -0.15) is 0 Å². The lowest BCUT2D eigenvalue weighted by Gasteiger charge is -2.11. The van der Waals surface area contributed by atoms with Gasteiger partial charge in [-0.15, -0.1) is 0 Å². The van der Waals surface area contributed by atoms with E-state index in [0.29, 0.717) is 5.76 Å². The van der Waals surface area contributed by atoms with Crippen LogP contribution in [0.3, 0.4) is 0 Å². The van der Waals surface area contributed by atoms with Crippen molar-refractivity contribution in [2.75, 3.05) is 0 Å². The molecule has 22 heavy (non-hydrogen) atoms. The van der Waals surface area contributed by atoms with E-state index in [1.807, 2.05) is 75.5 Å². The minimum Gasteiger partial charge on any atom is -0.408 e. The van der Waals surface area contributed by atoms with E-state index in [1.54, 1.807) is 4.57 Å². The van der Waals surface area contributed by atoms with E-state index in [2.05, 4.69) is 0 Å². The molecule has 0 saturated heterocycles. The Hall–Kier alpha value is -2.55. The Bertz CT molecular complexity index is 823. The van der Waals surface area contributed by atoms with Crippen molar-refractivity contribution in [3.63, 3.8) is 0 Å². The second-order valence-electron chi connectivity index (χ2n) is 5.62. The zero-order valence-electron chi connectivity index (χ0n) is 13.0. The van der Waals surface area contributed by atoms with E-state index in [-0.39, 0.29) is 11.8 Å². The van der Waals surface area contributed by atoms with Crippen LogP contribution >= 0.6 is 0 Å². The molecule has 112 valence electrons. The summed E-state index contributed by atoms with van der Waals surface area (Å²) >= 11 is 0. The monoisotopic (exact) mass is 293 g/mol. The fourth-order valence-corrected chi connectivity index (χ4v) is 2.83. The number of hydrogen-bond donors (Lipinski definition) is 0. The van der Waals surface area contributed by atoms with Gasteiger partial charge >= 0.3 is 5.76 Å². The van der Waals surface area contributed by atoms with Crippen molar-refractivity contribution in [1.29, 1.82) is 0 Å². The lowest BCUT2D eigenvalue weighted by atomic mass is 10.0. The predicted molar refractivity (Wildman–Crippen MR) is 88.1 cm³/mol. The van der Waals surface area contributed by atoms with Gasteiger partial charge in [-0.3, -0.25) is 4.57 Å². The van der Waals surface area contributed by atoms with Gasteiger partial charge < -0.3 is 4.42 Å². The van der Waals surface area contributed by atoms with Gasteiger partial charge in [-0.1, -0.05) is 48.5 Å². The molecule has 3 heteroatoms. The summed E-state index contributed by atoms with van der Waals surface area (Å²) < 4.78 is 7.16. The fraction of sp³-hybridized carbons (Fsp3) is 0.211. The minimum absolute atomic E-state index is 0.0597. The highest BCUT2D eigenvalue weighted by Crippen LogP contribution is 2.27. The summed E-state index contributed by atoms with van der Waals surface area (Å²) in [5, 5.41) is 0. The first kappa shape index (κ1) is 14.4. The SMILES string of the molecule is Cc1cccc(C)c1-c1cn(C(C)c2ccccc2)c(=O)o1. The standard InChI is InChI=1S/C19H19NO2/c1-13-8-7-9-14(2)18(13)17-12-20(19(21)22-17)15(3)16-10-5-4-6-11-16/h4-12,15H,1-3H3. The summed E-state index contributed by atoms with van der Waals surface area (Å²) in [4.78, 5) is 12.2. The van der Waals surface area contributed by atoms with Gasteiger partial charge in [0, 0.05) is 5.56 Å². The maximum Gasteiger partial charge on any atom is 0.420 e. The van der Waals surface area contributed by atoms with Crippen LogP contribution in [-0.2, 0) is 0 Å². The Morgan fingerprint density at radius 3 is 2.23 bits per heavy atom. The summed E-state index contributed by atoms with van der Waals surface area (Å²) in [6.07, 6.45) is 1.81. The van der Waals surface area contributed by atoms with Gasteiger partial charge in [0.05, 0.1) is 12.2 Å². The first-order valence-corrected chi connectivity index (χ1v) is 7.41. The summed E-state index contributed by atoms with van der Waals surface area (Å²) in [5.41, 5.74) is 4.29. The Balaban J connectivity index is 2.07. The molecule has 0 amide bonds. The van der Waals surface area contributed by atoms with E-state index >= 15 is 0 Å². The highest BCUT2D eigenvalue weighted by Gasteiger charge is 2.16. The Kier molecular flexibility index (Phi) is 3.72. The highest BCUT2D eigenvalue weighted by molar-refractivity contribution is 5.65. The maximum atomic E-state index is 12.2. The van der Waals surface area contributed by atoms with Crippen LogP contribution in [0.25, 0.3) is 11.3 Å². The highest BCUT2D eigenvalue weighted by atomic mass is 16.4. The number of rotatable bonds is 3. The van der Waals surface area contributed by atoms with Crippen LogP contribution in [-0.4, -0.2) is 4.57 Å². The van der Waals surface area contributed by atoms with Crippen LogP contribution in [0.15, 0.2) is 63.9 Å². The Morgan fingerprint density at radius 1 is 0.955 bits per heavy atom. The van der Waals surface area contributed by atoms with Crippen LogP contribution in [0.2, 0.25) is 0 Å². The van der Waals surface area contributed by atoms with Crippen molar-refractivity contribution in [2.24, 2.45) is 0 Å². The predicted octanol–water partition coefficient (Wildman–Crippen LogP) is 4.33. The van der Waals surface area contributed by atoms with Gasteiger partial charge in [0.1, 0.15) is 0 Å². The van der Waals surface area contributed by atoms with Crippen molar-refractivity contribution in [2.45, 2.75) is 26.8 Å². The molecule has 3 aromatic rings. The fourth-order valence-electron chi connectivity index (χ4n) is 2.83. The average Bonchev–Trinajstić information content (AvgIpc) is 2.89. The molecule has 1 aromatic heterocycles. The van der Waals surface area contributed by atoms with Crippen LogP contribution < -0.4 is 5.76 Å². The van der Waals surface area contributed by atoms with Crippen molar-refractivity contribution in [3.8, 4) is 11.3 Å². The summed E-state index contributed by atoms with van der Waals surface area (Å²) in [6.45, 7) is 6.06. The zero-order chi connectivity index (χ0) is 15.7. The number of hydrogen-bond acceptors (Lipinski definition) is 2. The molecule has 3 nitrogen and oxygen atoms in total. The molecule has 0 spiro atoms. The maximum absolute atomic E-state index is 12.2. The molecular formula is C19H19NO2. The molecule has 2 aromatic carbocycles. The second-order valence-corrected chi connectivity index (χ2v) is 5.62. The van der Waals surface area contributed by atoms with Crippen LogP contribution in [0.5, 0.6) is 0 Å². The smallest absolute Gasteiger partial charge is 0.408 e. The molecule has 1 unspecified atom stereocenters. The number of nitrogens with zero attached hydrogens (tertiary/aromatic N) is 1. The van der Waals surface area contributed by atoms with E-state index in [1.165, 1.54) is 0 Å². The quantitative estimate of drug-likeness (QED) is 0.720. The molecule has 0 saturated carbocycles. The lowest BCUT2D eigenvalue weighted by Crippen LogP contribution is -2.18. The second kappa shape index (κ2) is 5.68. The third-order valence-corrected chi connectivity index (χ3v) is 4.09. The first-order valence-electron chi connectivity index (χ1n) is 7.41. The van der Waals surface area contributed by atoms with Crippen molar-refractivity contribution in [1.82, 2.24) is 4.57 Å². The molecule has 0 aliphatic heterocycles. The number of aryl methyl sites for hydroxylation is 2. The van der Waals surface area contributed by atoms with Crippen molar-refractivity contribution >= 4 is 0 Å². The summed E-state index contributed by atoms with van der Waals surface area (Å²) in [6, 6.07) is 16.0. The molecule has 0 radical (unpaired) electrons. The molecule has 0 aliphatic rings. The van der Waals surface area contributed by atoms with Crippen molar-refractivity contribution < 1.29 is 4.42 Å². The number of oxazole rings is 1. The van der Waals surface area contributed by atoms with Gasteiger partial charge in [0.2, 0.25) is 0 Å². The van der Waals surface area contributed by atoms with Gasteiger partial charge in [-0.25, -0.2) is 4.79 Å². The third-order valence-electron chi connectivity index (χ3n) is 4.09. The van der Waals surface area contributed by atoms with E-state index in [0.717, 1.165) is 22.3 Å². The molecule has 0 N–H and O–H groups in total. The third kappa shape index (κ3) is 2.50. The molecule has 0 aliphatic carbocycles. The molecular weight excluding hydrogens is 274 g/mol. The zero-order valence-corrected chi connectivity index (χ0v) is 13.0. The van der Waals surface area contributed by atoms with E-state index in [4.69, 9.17) is 4.42 Å². The van der Waals surface area contributed by atoms with Gasteiger partial charge in [0.25, 0.3) is 0 Å². The van der Waals surface area contributed by atoms with E-state index in [9.17, 15) is 4.79 Å². The van der Waals surface area contributed by atoms with Crippen LogP contribution in [0, 0.1) is 13.8 Å². The Morgan fingerprint density at radius 2 is 1.59 bits per heavy atom. The number of benzene rings is 2. The largest absolute Gasteiger partial charge is 0.420 e. The van der Waals surface area contributed by atoms with Gasteiger partial charge in [-0.05, 0) is 37.5 Å². The summed E-state index contributed by atoms with van der Waals surface area (Å²) in [5.74, 6) is 0.303. The minimum atomic E-state index is -0.325. The van der Waals surface area contributed by atoms with Crippen LogP contribution in [0.4, 0.5) is 0 Å². The summed E-state index contributed by atoms with van der Waals surface area (Å²) in [7, 11) is 0. The Labute approximate surface area is 129 Å². The van der Waals surface area contributed by atoms with Crippen LogP contribution in [0.1, 0.15) is 29.7 Å². The topological polar surface area (TPSA) is 35.1 Å². The normalized spacial score (nSPS) is 12.3. The lowest BCUT2D eigenvalue weighted by molar-refractivity contribution is 0.473. The average molecular weight is 293 g/mol. The van der Waals surface area contributed by atoms with Gasteiger partial charge in [0.15, 0.2) is 5.76 Å². The van der Waals surface area contributed by atoms with E-state index < -0.39 is 0 Å². The molecule has 3 rings (SSSR count). The number of aromatic nitrogens is 1. The molecule has 1 atom stereocenters.